The summed E-state index contributed by atoms with van der Waals surface area (Å²) in [5.41, 5.74) is 7.40. The zero-order valence-electron chi connectivity index (χ0n) is 8.31. The van der Waals surface area contributed by atoms with E-state index >= 15 is 0 Å². The molecule has 0 aromatic heterocycles. The first-order chi connectivity index (χ1) is 7.31. The minimum absolute atomic E-state index is 0.105. The molecule has 0 saturated carbocycles. The second kappa shape index (κ2) is 4.14. The molecule has 0 fully saturated rings. The number of rotatable bonds is 2. The van der Waals surface area contributed by atoms with E-state index in [4.69, 9.17) is 5.73 Å². The highest BCUT2D eigenvalue weighted by Crippen LogP contribution is 2.17. The minimum Gasteiger partial charge on any atom is -0.334 e. The Kier molecular flexibility index (Phi) is 2.69. The molecule has 1 aliphatic rings. The number of benzene rings is 1. The Hall–Kier alpha value is -1.81. The summed E-state index contributed by atoms with van der Waals surface area (Å²) < 4.78 is 0. The topological polar surface area (TPSA) is 58.4 Å². The van der Waals surface area contributed by atoms with Gasteiger partial charge in [-0.3, -0.25) is 4.90 Å². The third-order valence-electron chi connectivity index (χ3n) is 2.27. The largest absolute Gasteiger partial charge is 0.334 e. The van der Waals surface area contributed by atoms with Gasteiger partial charge in [0.25, 0.3) is 0 Å². The summed E-state index contributed by atoms with van der Waals surface area (Å²) >= 11 is 0. The zero-order chi connectivity index (χ0) is 10.7. The second-order valence-electron chi connectivity index (χ2n) is 3.31. The number of carbonyl (C=O) groups excluding carboxylic acids is 1. The van der Waals surface area contributed by atoms with Crippen LogP contribution in [0.25, 0.3) is 0 Å². The summed E-state index contributed by atoms with van der Waals surface area (Å²) in [5, 5.41) is 2.74. The van der Waals surface area contributed by atoms with Crippen molar-refractivity contribution in [1.82, 2.24) is 5.32 Å². The Bertz CT molecular complexity index is 401. The molecule has 4 nitrogen and oxygen atoms in total. The fourth-order valence-electron chi connectivity index (χ4n) is 1.49. The van der Waals surface area contributed by atoms with Gasteiger partial charge >= 0.3 is 6.03 Å². The van der Waals surface area contributed by atoms with Crippen LogP contribution in [0, 0.1) is 0 Å². The molecule has 1 heterocycles. The molecule has 0 saturated heterocycles. The van der Waals surface area contributed by atoms with Gasteiger partial charge in [-0.05, 0) is 23.8 Å². The maximum absolute atomic E-state index is 11.5. The number of hydrogen-bond donors (Lipinski definition) is 2. The molecule has 0 radical (unpaired) electrons. The van der Waals surface area contributed by atoms with Gasteiger partial charge in [-0.2, -0.15) is 0 Å². The number of amides is 2. The third kappa shape index (κ3) is 1.99. The summed E-state index contributed by atoms with van der Waals surface area (Å²) in [6, 6.07) is 7.53. The SMILES string of the molecule is NCc1cccc(N2C=CCNC2=O)c1. The monoisotopic (exact) mass is 203 g/mol. The van der Waals surface area contributed by atoms with Gasteiger partial charge in [0.1, 0.15) is 0 Å². The van der Waals surface area contributed by atoms with Crippen molar-refractivity contribution >= 4 is 11.7 Å². The molecule has 0 spiro atoms. The van der Waals surface area contributed by atoms with Gasteiger partial charge < -0.3 is 11.1 Å². The van der Waals surface area contributed by atoms with Crippen molar-refractivity contribution in [2.24, 2.45) is 5.73 Å². The molecule has 0 bridgehead atoms. The highest BCUT2D eigenvalue weighted by atomic mass is 16.2. The van der Waals surface area contributed by atoms with E-state index in [1.54, 1.807) is 11.1 Å². The van der Waals surface area contributed by atoms with Crippen LogP contribution in [0.15, 0.2) is 36.5 Å². The van der Waals surface area contributed by atoms with Gasteiger partial charge in [-0.1, -0.05) is 12.1 Å². The summed E-state index contributed by atoms with van der Waals surface area (Å²) in [4.78, 5) is 13.1. The van der Waals surface area contributed by atoms with Crippen LogP contribution >= 0.6 is 0 Å². The predicted molar refractivity (Wildman–Crippen MR) is 59.4 cm³/mol. The molecule has 1 aromatic rings. The van der Waals surface area contributed by atoms with E-state index in [-0.39, 0.29) is 6.03 Å². The molecule has 2 rings (SSSR count). The van der Waals surface area contributed by atoms with Crippen molar-refractivity contribution in [2.45, 2.75) is 6.54 Å². The van der Waals surface area contributed by atoms with Crippen LogP contribution < -0.4 is 16.0 Å². The molecule has 1 aliphatic heterocycles. The van der Waals surface area contributed by atoms with Crippen LogP contribution in [-0.2, 0) is 6.54 Å². The number of urea groups is 1. The number of hydrogen-bond acceptors (Lipinski definition) is 2. The van der Waals surface area contributed by atoms with Crippen LogP contribution in [0.1, 0.15) is 5.56 Å². The van der Waals surface area contributed by atoms with Crippen molar-refractivity contribution in [3.8, 4) is 0 Å². The summed E-state index contributed by atoms with van der Waals surface area (Å²) in [6.45, 7) is 1.07. The van der Waals surface area contributed by atoms with Crippen LogP contribution in [0.4, 0.5) is 10.5 Å². The van der Waals surface area contributed by atoms with Gasteiger partial charge in [0, 0.05) is 19.3 Å². The normalized spacial score (nSPS) is 15.3. The number of nitrogens with one attached hydrogen (secondary N) is 1. The fourth-order valence-corrected chi connectivity index (χ4v) is 1.49. The maximum Gasteiger partial charge on any atom is 0.326 e. The van der Waals surface area contributed by atoms with Crippen LogP contribution in [0.3, 0.4) is 0 Å². The molecular weight excluding hydrogens is 190 g/mol. The molecule has 0 unspecified atom stereocenters. The number of nitrogens with zero attached hydrogens (tertiary/aromatic N) is 1. The van der Waals surface area contributed by atoms with Gasteiger partial charge in [-0.15, -0.1) is 0 Å². The van der Waals surface area contributed by atoms with Crippen molar-refractivity contribution in [2.75, 3.05) is 11.4 Å². The molecule has 0 atom stereocenters. The third-order valence-corrected chi connectivity index (χ3v) is 2.27. The van der Waals surface area contributed by atoms with E-state index in [0.29, 0.717) is 13.1 Å². The first-order valence-electron chi connectivity index (χ1n) is 4.84. The lowest BCUT2D eigenvalue weighted by atomic mass is 10.2. The Morgan fingerprint density at radius 2 is 2.33 bits per heavy atom. The second-order valence-corrected chi connectivity index (χ2v) is 3.31. The molecule has 0 aliphatic carbocycles. The predicted octanol–water partition coefficient (Wildman–Crippen LogP) is 1.19. The Balaban J connectivity index is 2.31. The average molecular weight is 203 g/mol. The zero-order valence-corrected chi connectivity index (χ0v) is 8.31. The number of anilines is 1. The Morgan fingerprint density at radius 3 is 3.07 bits per heavy atom. The maximum atomic E-state index is 11.5. The van der Waals surface area contributed by atoms with Crippen molar-refractivity contribution < 1.29 is 4.79 Å². The van der Waals surface area contributed by atoms with E-state index in [2.05, 4.69) is 5.32 Å². The average Bonchev–Trinajstić information content (AvgIpc) is 2.30. The van der Waals surface area contributed by atoms with Gasteiger partial charge in [0.2, 0.25) is 0 Å². The van der Waals surface area contributed by atoms with Crippen molar-refractivity contribution in [3.63, 3.8) is 0 Å². The van der Waals surface area contributed by atoms with E-state index in [1.165, 1.54) is 0 Å². The molecule has 4 heteroatoms. The van der Waals surface area contributed by atoms with E-state index in [1.807, 2.05) is 30.3 Å². The van der Waals surface area contributed by atoms with E-state index in [0.717, 1.165) is 11.3 Å². The highest BCUT2D eigenvalue weighted by Gasteiger charge is 2.14. The highest BCUT2D eigenvalue weighted by molar-refractivity contribution is 5.94. The minimum atomic E-state index is -0.105. The lowest BCUT2D eigenvalue weighted by molar-refractivity contribution is 0.248. The summed E-state index contributed by atoms with van der Waals surface area (Å²) in [6.07, 6.45) is 3.67. The molecule has 78 valence electrons. The number of nitrogens with two attached hydrogens (primary N) is 1. The molecule has 3 N–H and O–H groups in total. The van der Waals surface area contributed by atoms with Crippen LogP contribution in [-0.4, -0.2) is 12.6 Å². The molecule has 1 aromatic carbocycles. The van der Waals surface area contributed by atoms with E-state index in [9.17, 15) is 4.79 Å². The quantitative estimate of drug-likeness (QED) is 0.758. The Morgan fingerprint density at radius 1 is 1.47 bits per heavy atom. The summed E-state index contributed by atoms with van der Waals surface area (Å²) in [5.74, 6) is 0. The lowest BCUT2D eigenvalue weighted by Crippen LogP contribution is -2.39. The van der Waals surface area contributed by atoms with Crippen molar-refractivity contribution in [1.29, 1.82) is 0 Å². The lowest BCUT2D eigenvalue weighted by Gasteiger charge is -2.22. The Labute approximate surface area is 88.4 Å². The molecule has 15 heavy (non-hydrogen) atoms. The van der Waals surface area contributed by atoms with Gasteiger partial charge in [-0.25, -0.2) is 4.79 Å². The number of carbonyl (C=O) groups is 1. The summed E-state index contributed by atoms with van der Waals surface area (Å²) in [7, 11) is 0. The molecular formula is C11H13N3O. The first-order valence-corrected chi connectivity index (χ1v) is 4.84. The standard InChI is InChI=1S/C11H13N3O/c12-8-9-3-1-4-10(7-9)14-6-2-5-13-11(14)15/h1-4,6-7H,5,8,12H2,(H,13,15). The van der Waals surface area contributed by atoms with Crippen LogP contribution in [0.2, 0.25) is 0 Å². The van der Waals surface area contributed by atoms with Crippen molar-refractivity contribution in [3.05, 3.63) is 42.1 Å². The first kappa shape index (κ1) is 9.73. The molecule has 2 amide bonds. The van der Waals surface area contributed by atoms with E-state index < -0.39 is 0 Å². The fraction of sp³-hybridized carbons (Fsp3) is 0.182. The van der Waals surface area contributed by atoms with Gasteiger partial charge in [0.15, 0.2) is 0 Å². The van der Waals surface area contributed by atoms with Gasteiger partial charge in [0.05, 0.1) is 5.69 Å². The van der Waals surface area contributed by atoms with Crippen LogP contribution in [0.5, 0.6) is 0 Å². The smallest absolute Gasteiger partial charge is 0.326 e.